The van der Waals surface area contributed by atoms with E-state index in [0.717, 1.165) is 10.0 Å². The quantitative estimate of drug-likeness (QED) is 0.848. The van der Waals surface area contributed by atoms with Crippen LogP contribution in [0.3, 0.4) is 0 Å². The molecule has 0 spiro atoms. The number of nitrogens with two attached hydrogens (primary N) is 1. The predicted molar refractivity (Wildman–Crippen MR) is 78.6 cm³/mol. The first-order valence-corrected chi connectivity index (χ1v) is 6.77. The minimum atomic E-state index is 0.320. The Morgan fingerprint density at radius 2 is 1.89 bits per heavy atom. The summed E-state index contributed by atoms with van der Waals surface area (Å²) >= 11 is 15.3. The number of hydrogen-bond acceptors (Lipinski definition) is 2. The summed E-state index contributed by atoms with van der Waals surface area (Å²) in [5.74, 6) is 1.31. The standard InChI is InChI=1S/C13H10BrCl2NO/c14-10-6-8(15)4-5-13(10)18-12-3-1-2-11(16)9(12)7-17/h1-6H,7,17H2. The van der Waals surface area contributed by atoms with Crippen LogP contribution in [0.25, 0.3) is 0 Å². The topological polar surface area (TPSA) is 35.2 Å². The number of ether oxygens (including phenoxy) is 1. The average Bonchev–Trinajstić information content (AvgIpc) is 2.33. The molecule has 0 fully saturated rings. The van der Waals surface area contributed by atoms with Crippen molar-refractivity contribution in [1.82, 2.24) is 0 Å². The lowest BCUT2D eigenvalue weighted by Gasteiger charge is -2.12. The van der Waals surface area contributed by atoms with E-state index in [1.54, 1.807) is 24.3 Å². The summed E-state index contributed by atoms with van der Waals surface area (Å²) in [6.45, 7) is 0.320. The minimum Gasteiger partial charge on any atom is -0.456 e. The van der Waals surface area contributed by atoms with E-state index < -0.39 is 0 Å². The van der Waals surface area contributed by atoms with Gasteiger partial charge in [-0.3, -0.25) is 0 Å². The van der Waals surface area contributed by atoms with Crippen molar-refractivity contribution in [2.75, 3.05) is 0 Å². The zero-order valence-corrected chi connectivity index (χ0v) is 12.4. The Morgan fingerprint density at radius 1 is 1.11 bits per heavy atom. The molecule has 0 aliphatic carbocycles. The zero-order valence-electron chi connectivity index (χ0n) is 9.29. The Labute approximate surface area is 124 Å². The molecule has 0 heterocycles. The van der Waals surface area contributed by atoms with Crippen molar-refractivity contribution in [1.29, 1.82) is 0 Å². The smallest absolute Gasteiger partial charge is 0.141 e. The number of rotatable bonds is 3. The maximum atomic E-state index is 6.07. The Kier molecular flexibility index (Phi) is 4.51. The lowest BCUT2D eigenvalue weighted by atomic mass is 10.2. The van der Waals surface area contributed by atoms with Crippen LogP contribution in [0.5, 0.6) is 11.5 Å². The van der Waals surface area contributed by atoms with Crippen LogP contribution in [0.1, 0.15) is 5.56 Å². The normalized spacial score (nSPS) is 10.4. The van der Waals surface area contributed by atoms with Gasteiger partial charge in [-0.2, -0.15) is 0 Å². The van der Waals surface area contributed by atoms with Gasteiger partial charge in [0.05, 0.1) is 4.47 Å². The molecule has 0 atom stereocenters. The van der Waals surface area contributed by atoms with Crippen LogP contribution in [-0.2, 0) is 6.54 Å². The van der Waals surface area contributed by atoms with E-state index in [1.165, 1.54) is 0 Å². The second kappa shape index (κ2) is 5.93. The second-order valence-corrected chi connectivity index (χ2v) is 5.30. The molecule has 2 aromatic carbocycles. The van der Waals surface area contributed by atoms with E-state index in [4.69, 9.17) is 33.7 Å². The van der Waals surface area contributed by atoms with E-state index in [2.05, 4.69) is 15.9 Å². The van der Waals surface area contributed by atoms with Crippen molar-refractivity contribution >= 4 is 39.1 Å². The molecule has 0 unspecified atom stereocenters. The number of hydrogen-bond donors (Lipinski definition) is 1. The zero-order chi connectivity index (χ0) is 13.1. The highest BCUT2D eigenvalue weighted by molar-refractivity contribution is 9.10. The van der Waals surface area contributed by atoms with E-state index in [-0.39, 0.29) is 0 Å². The van der Waals surface area contributed by atoms with Gasteiger partial charge in [-0.15, -0.1) is 0 Å². The van der Waals surface area contributed by atoms with Crippen LogP contribution in [0, 0.1) is 0 Å². The summed E-state index contributed by atoms with van der Waals surface area (Å²) in [4.78, 5) is 0. The molecule has 94 valence electrons. The summed E-state index contributed by atoms with van der Waals surface area (Å²) in [5.41, 5.74) is 6.45. The van der Waals surface area contributed by atoms with Crippen LogP contribution >= 0.6 is 39.1 Å². The molecule has 18 heavy (non-hydrogen) atoms. The molecule has 2 nitrogen and oxygen atoms in total. The number of benzene rings is 2. The summed E-state index contributed by atoms with van der Waals surface area (Å²) in [6.07, 6.45) is 0. The SMILES string of the molecule is NCc1c(Cl)cccc1Oc1ccc(Cl)cc1Br. The van der Waals surface area contributed by atoms with Crippen molar-refractivity contribution in [3.05, 3.63) is 56.5 Å². The van der Waals surface area contributed by atoms with Crippen LogP contribution in [-0.4, -0.2) is 0 Å². The molecule has 0 aromatic heterocycles. The summed E-state index contributed by atoms with van der Waals surface area (Å²) in [6, 6.07) is 10.7. The largest absolute Gasteiger partial charge is 0.456 e. The lowest BCUT2D eigenvalue weighted by molar-refractivity contribution is 0.473. The maximum absolute atomic E-state index is 6.07. The Balaban J connectivity index is 2.37. The summed E-state index contributed by atoms with van der Waals surface area (Å²) in [5, 5.41) is 1.24. The van der Waals surface area contributed by atoms with E-state index in [0.29, 0.717) is 28.1 Å². The van der Waals surface area contributed by atoms with Gasteiger partial charge in [0.2, 0.25) is 0 Å². The third-order valence-corrected chi connectivity index (χ3v) is 3.60. The van der Waals surface area contributed by atoms with Crippen molar-refractivity contribution < 1.29 is 4.74 Å². The first-order valence-electron chi connectivity index (χ1n) is 5.22. The van der Waals surface area contributed by atoms with Crippen molar-refractivity contribution in [3.8, 4) is 11.5 Å². The Hall–Kier alpha value is -0.740. The summed E-state index contributed by atoms with van der Waals surface area (Å²) in [7, 11) is 0. The van der Waals surface area contributed by atoms with E-state index in [1.807, 2.05) is 12.1 Å². The molecule has 5 heteroatoms. The highest BCUT2D eigenvalue weighted by Crippen LogP contribution is 2.35. The van der Waals surface area contributed by atoms with Crippen molar-refractivity contribution in [3.63, 3.8) is 0 Å². The molecule has 0 aliphatic rings. The third kappa shape index (κ3) is 2.98. The predicted octanol–water partition coefficient (Wildman–Crippen LogP) is 5.01. The first-order chi connectivity index (χ1) is 8.61. The molecule has 0 amide bonds. The Morgan fingerprint density at radius 3 is 2.56 bits per heavy atom. The van der Waals surface area contributed by atoms with Gasteiger partial charge in [0, 0.05) is 22.2 Å². The maximum Gasteiger partial charge on any atom is 0.141 e. The van der Waals surface area contributed by atoms with Gasteiger partial charge in [0.15, 0.2) is 0 Å². The fourth-order valence-electron chi connectivity index (χ4n) is 1.51. The summed E-state index contributed by atoms with van der Waals surface area (Å²) < 4.78 is 6.57. The van der Waals surface area contributed by atoms with Gasteiger partial charge < -0.3 is 10.5 Å². The molecular weight excluding hydrogens is 337 g/mol. The van der Waals surface area contributed by atoms with Crippen molar-refractivity contribution in [2.45, 2.75) is 6.54 Å². The number of halogens is 3. The van der Waals surface area contributed by atoms with Crippen LogP contribution in [0.15, 0.2) is 40.9 Å². The van der Waals surface area contributed by atoms with Gasteiger partial charge in [0.25, 0.3) is 0 Å². The van der Waals surface area contributed by atoms with Gasteiger partial charge in [0.1, 0.15) is 11.5 Å². The van der Waals surface area contributed by atoms with Crippen molar-refractivity contribution in [2.24, 2.45) is 5.73 Å². The van der Waals surface area contributed by atoms with Gasteiger partial charge in [-0.25, -0.2) is 0 Å². The molecule has 0 saturated heterocycles. The fourth-order valence-corrected chi connectivity index (χ4v) is 2.52. The molecule has 2 N–H and O–H groups in total. The third-order valence-electron chi connectivity index (χ3n) is 2.39. The van der Waals surface area contributed by atoms with Gasteiger partial charge in [-0.05, 0) is 46.3 Å². The molecule has 0 bridgehead atoms. The highest BCUT2D eigenvalue weighted by Gasteiger charge is 2.09. The lowest BCUT2D eigenvalue weighted by Crippen LogP contribution is -2.00. The molecule has 0 radical (unpaired) electrons. The molecule has 0 saturated carbocycles. The monoisotopic (exact) mass is 345 g/mol. The first kappa shape index (κ1) is 13.7. The van der Waals surface area contributed by atoms with Gasteiger partial charge in [-0.1, -0.05) is 29.3 Å². The average molecular weight is 347 g/mol. The van der Waals surface area contributed by atoms with E-state index in [9.17, 15) is 0 Å². The van der Waals surface area contributed by atoms with Crippen LogP contribution < -0.4 is 10.5 Å². The highest BCUT2D eigenvalue weighted by atomic mass is 79.9. The second-order valence-electron chi connectivity index (χ2n) is 3.60. The molecule has 0 aliphatic heterocycles. The van der Waals surface area contributed by atoms with Crippen LogP contribution in [0.4, 0.5) is 0 Å². The Bertz CT molecular complexity index is 575. The van der Waals surface area contributed by atoms with Crippen LogP contribution in [0.2, 0.25) is 10.0 Å². The molecule has 2 aromatic rings. The van der Waals surface area contributed by atoms with Gasteiger partial charge >= 0.3 is 0 Å². The van der Waals surface area contributed by atoms with E-state index >= 15 is 0 Å². The molecule has 2 rings (SSSR count). The molecular formula is C13H10BrCl2NO. The minimum absolute atomic E-state index is 0.320. The fraction of sp³-hybridized carbons (Fsp3) is 0.0769.